The first kappa shape index (κ1) is 23.5. The van der Waals surface area contributed by atoms with Gasteiger partial charge in [-0.3, -0.25) is 14.9 Å². The third-order valence-corrected chi connectivity index (χ3v) is 6.70. The van der Waals surface area contributed by atoms with Gasteiger partial charge in [-0.05, 0) is 30.2 Å². The number of piperazine rings is 1. The molecule has 2 aromatic carbocycles. The Morgan fingerprint density at radius 1 is 1.03 bits per heavy atom. The third-order valence-electron chi connectivity index (χ3n) is 4.80. The van der Waals surface area contributed by atoms with E-state index in [-0.39, 0.29) is 42.7 Å². The molecule has 0 atom stereocenters. The summed E-state index contributed by atoms with van der Waals surface area (Å²) in [7, 11) is -3.85. The number of non-ortho nitro benzene ring substituents is 1. The van der Waals surface area contributed by atoms with Crippen molar-refractivity contribution in [1.82, 2.24) is 9.21 Å². The van der Waals surface area contributed by atoms with E-state index in [1.54, 1.807) is 17.0 Å². The van der Waals surface area contributed by atoms with Crippen molar-refractivity contribution in [2.24, 2.45) is 0 Å². The van der Waals surface area contributed by atoms with Crippen LogP contribution in [0.3, 0.4) is 0 Å². The van der Waals surface area contributed by atoms with E-state index in [0.717, 1.165) is 18.1 Å². The van der Waals surface area contributed by atoms with Gasteiger partial charge in [0, 0.05) is 43.9 Å². The van der Waals surface area contributed by atoms with Crippen LogP contribution in [0.4, 0.5) is 5.69 Å². The van der Waals surface area contributed by atoms with Gasteiger partial charge in [0.1, 0.15) is 0 Å². The summed E-state index contributed by atoms with van der Waals surface area (Å²) in [6, 6.07) is 12.4. The molecule has 1 fully saturated rings. The van der Waals surface area contributed by atoms with Crippen LogP contribution in [0, 0.1) is 10.1 Å². The van der Waals surface area contributed by atoms with Gasteiger partial charge < -0.3 is 4.90 Å². The van der Waals surface area contributed by atoms with Crippen LogP contribution in [0.2, 0.25) is 0 Å². The zero-order chi connectivity index (χ0) is 22.3. The normalized spacial score (nSPS) is 14.6. The predicted molar refractivity (Wildman–Crippen MR) is 115 cm³/mol. The third kappa shape index (κ3) is 5.22. The molecule has 2 aromatic rings. The molecule has 30 heavy (non-hydrogen) atoms. The Hall–Kier alpha value is -2.78. The fraction of sp³-hybridized carbons (Fsp3) is 0.381. The monoisotopic (exact) mass is 433 g/mol. The quantitative estimate of drug-likeness (QED) is 0.532. The fourth-order valence-corrected chi connectivity index (χ4v) is 4.57. The molecular formula is C21H27N3O5S. The first-order chi connectivity index (χ1) is 14.3. The molecule has 0 saturated carbocycles. The summed E-state index contributed by atoms with van der Waals surface area (Å²) in [5.74, 6) is -0.130. The number of carbonyl (C=O) groups is 1. The van der Waals surface area contributed by atoms with Crippen molar-refractivity contribution < 1.29 is 18.1 Å². The van der Waals surface area contributed by atoms with Gasteiger partial charge in [0.25, 0.3) is 11.6 Å². The number of rotatable bonds is 5. The molecule has 0 aliphatic carbocycles. The van der Waals surface area contributed by atoms with Gasteiger partial charge in [-0.1, -0.05) is 39.0 Å². The van der Waals surface area contributed by atoms with Crippen LogP contribution in [0.25, 0.3) is 0 Å². The topological polar surface area (TPSA) is 101 Å². The summed E-state index contributed by atoms with van der Waals surface area (Å²) < 4.78 is 26.8. The van der Waals surface area contributed by atoms with Crippen LogP contribution in [0.1, 0.15) is 36.7 Å². The average molecular weight is 434 g/mol. The Bertz CT molecular complexity index is 982. The molecule has 9 heteroatoms. The fourth-order valence-electron chi connectivity index (χ4n) is 3.10. The van der Waals surface area contributed by atoms with E-state index in [2.05, 4.69) is 0 Å². The highest BCUT2D eigenvalue weighted by Gasteiger charge is 2.31. The standard InChI is InChI=1S/C19H21N3O5S.C2H6/c1-2-15-6-8-16(9-7-15)19(23)20-10-12-21(13-11-20)28(26,27)18-5-3-4-17(14-18)22(24)25;1-2/h3-9,14H,2,10-13H2,1H3;1-2H3. The van der Waals surface area contributed by atoms with E-state index in [9.17, 15) is 23.3 Å². The van der Waals surface area contributed by atoms with E-state index in [1.165, 1.54) is 22.5 Å². The van der Waals surface area contributed by atoms with Gasteiger partial charge in [-0.25, -0.2) is 8.42 Å². The molecule has 162 valence electrons. The first-order valence-corrected chi connectivity index (χ1v) is 11.4. The lowest BCUT2D eigenvalue weighted by Crippen LogP contribution is -2.50. The van der Waals surface area contributed by atoms with Gasteiger partial charge in [-0.2, -0.15) is 4.31 Å². The number of hydrogen-bond donors (Lipinski definition) is 0. The molecule has 1 heterocycles. The number of hydrogen-bond acceptors (Lipinski definition) is 5. The Morgan fingerprint density at radius 3 is 2.17 bits per heavy atom. The predicted octanol–water partition coefficient (Wildman–Crippen LogP) is 3.33. The number of nitrogens with zero attached hydrogens (tertiary/aromatic N) is 3. The SMILES string of the molecule is CC.CCc1ccc(C(=O)N2CCN(S(=O)(=O)c3cccc([N+](=O)[O-])c3)CC2)cc1. The Labute approximate surface area is 177 Å². The van der Waals surface area contributed by atoms with Crippen LogP contribution in [0.5, 0.6) is 0 Å². The average Bonchev–Trinajstić information content (AvgIpc) is 2.80. The maximum atomic E-state index is 12.8. The van der Waals surface area contributed by atoms with E-state index < -0.39 is 14.9 Å². The van der Waals surface area contributed by atoms with Gasteiger partial charge >= 0.3 is 0 Å². The molecule has 1 amide bonds. The van der Waals surface area contributed by atoms with Crippen molar-refractivity contribution in [2.75, 3.05) is 26.2 Å². The second-order valence-electron chi connectivity index (χ2n) is 6.50. The maximum absolute atomic E-state index is 12.8. The number of nitro groups is 1. The molecule has 3 rings (SSSR count). The second kappa shape index (κ2) is 10.3. The van der Waals surface area contributed by atoms with E-state index >= 15 is 0 Å². The van der Waals surface area contributed by atoms with Crippen molar-refractivity contribution in [3.8, 4) is 0 Å². The van der Waals surface area contributed by atoms with Crippen molar-refractivity contribution in [1.29, 1.82) is 0 Å². The van der Waals surface area contributed by atoms with Gasteiger partial charge in [-0.15, -0.1) is 0 Å². The Kier molecular flexibility index (Phi) is 8.08. The highest BCUT2D eigenvalue weighted by Crippen LogP contribution is 2.22. The zero-order valence-electron chi connectivity index (χ0n) is 17.4. The lowest BCUT2D eigenvalue weighted by atomic mass is 10.1. The second-order valence-corrected chi connectivity index (χ2v) is 8.44. The largest absolute Gasteiger partial charge is 0.336 e. The zero-order valence-corrected chi connectivity index (χ0v) is 18.3. The van der Waals surface area contributed by atoms with E-state index in [4.69, 9.17) is 0 Å². The summed E-state index contributed by atoms with van der Waals surface area (Å²) in [5.41, 5.74) is 1.45. The van der Waals surface area contributed by atoms with Gasteiger partial charge in [0.2, 0.25) is 10.0 Å². The summed E-state index contributed by atoms with van der Waals surface area (Å²) in [6.45, 7) is 6.86. The van der Waals surface area contributed by atoms with Gasteiger partial charge in [0.15, 0.2) is 0 Å². The molecule has 1 aliphatic rings. The number of sulfonamides is 1. The van der Waals surface area contributed by atoms with Crippen molar-refractivity contribution >= 4 is 21.6 Å². The Balaban J connectivity index is 0.00000155. The van der Waals surface area contributed by atoms with Crippen LogP contribution in [-0.4, -0.2) is 54.6 Å². The van der Waals surface area contributed by atoms with Crippen LogP contribution < -0.4 is 0 Å². The molecular weight excluding hydrogens is 406 g/mol. The van der Waals surface area contributed by atoms with Crippen LogP contribution in [0.15, 0.2) is 53.4 Å². The van der Waals surface area contributed by atoms with Crippen molar-refractivity contribution in [3.63, 3.8) is 0 Å². The maximum Gasteiger partial charge on any atom is 0.270 e. The smallest absolute Gasteiger partial charge is 0.270 e. The first-order valence-electron chi connectivity index (χ1n) is 9.95. The number of amides is 1. The molecule has 8 nitrogen and oxygen atoms in total. The molecule has 1 saturated heterocycles. The molecule has 0 spiro atoms. The minimum absolute atomic E-state index is 0.114. The number of carbonyl (C=O) groups excluding carboxylic acids is 1. The number of nitro benzene ring substituents is 1. The van der Waals surface area contributed by atoms with Crippen molar-refractivity contribution in [3.05, 3.63) is 69.8 Å². The molecule has 0 unspecified atom stereocenters. The lowest BCUT2D eigenvalue weighted by molar-refractivity contribution is -0.385. The lowest BCUT2D eigenvalue weighted by Gasteiger charge is -2.34. The summed E-state index contributed by atoms with van der Waals surface area (Å²) >= 11 is 0. The van der Waals surface area contributed by atoms with Crippen molar-refractivity contribution in [2.45, 2.75) is 32.1 Å². The minimum atomic E-state index is -3.85. The molecule has 0 N–H and O–H groups in total. The summed E-state index contributed by atoms with van der Waals surface area (Å²) in [6.07, 6.45) is 0.892. The highest BCUT2D eigenvalue weighted by atomic mass is 32.2. The molecule has 0 radical (unpaired) electrons. The minimum Gasteiger partial charge on any atom is -0.336 e. The number of aryl methyl sites for hydroxylation is 1. The highest BCUT2D eigenvalue weighted by molar-refractivity contribution is 7.89. The van der Waals surface area contributed by atoms with Crippen LogP contribution >= 0.6 is 0 Å². The van der Waals surface area contributed by atoms with E-state index in [0.29, 0.717) is 5.56 Å². The van der Waals surface area contributed by atoms with Crippen LogP contribution in [-0.2, 0) is 16.4 Å². The van der Waals surface area contributed by atoms with E-state index in [1.807, 2.05) is 32.9 Å². The summed E-state index contributed by atoms with van der Waals surface area (Å²) in [4.78, 5) is 24.4. The molecule has 1 aliphatic heterocycles. The Morgan fingerprint density at radius 2 is 1.63 bits per heavy atom. The summed E-state index contributed by atoms with van der Waals surface area (Å²) in [5, 5.41) is 10.9. The number of benzene rings is 2. The molecule has 0 aromatic heterocycles. The molecule has 0 bridgehead atoms. The van der Waals surface area contributed by atoms with Gasteiger partial charge in [0.05, 0.1) is 9.82 Å².